The maximum absolute atomic E-state index is 12.6. The number of nitrogens with zero attached hydrogens (tertiary/aromatic N) is 2. The van der Waals surface area contributed by atoms with E-state index < -0.39 is 5.91 Å². The van der Waals surface area contributed by atoms with Crippen LogP contribution in [-0.2, 0) is 4.79 Å². The molecule has 1 aliphatic heterocycles. The van der Waals surface area contributed by atoms with Gasteiger partial charge in [-0.2, -0.15) is 0 Å². The van der Waals surface area contributed by atoms with Gasteiger partial charge in [-0.15, -0.1) is 0 Å². The van der Waals surface area contributed by atoms with Crippen molar-refractivity contribution in [3.63, 3.8) is 0 Å². The van der Waals surface area contributed by atoms with Gasteiger partial charge in [-0.25, -0.2) is 0 Å². The Kier molecular flexibility index (Phi) is 8.76. The maximum atomic E-state index is 12.6. The molecule has 1 fully saturated rings. The maximum Gasteiger partial charge on any atom is 0.258 e. The third-order valence-electron chi connectivity index (χ3n) is 5.04. The van der Waals surface area contributed by atoms with Crippen molar-refractivity contribution in [2.24, 2.45) is 0 Å². The van der Waals surface area contributed by atoms with Gasteiger partial charge in [-0.3, -0.25) is 14.9 Å². The Morgan fingerprint density at radius 2 is 1.81 bits per heavy atom. The first kappa shape index (κ1) is 24.8. The summed E-state index contributed by atoms with van der Waals surface area (Å²) in [5.41, 5.74) is 1.88. The van der Waals surface area contributed by atoms with Crippen LogP contribution in [0.4, 0.5) is 11.4 Å². The van der Waals surface area contributed by atoms with Gasteiger partial charge in [0.2, 0.25) is 5.91 Å². The summed E-state index contributed by atoms with van der Waals surface area (Å²) in [5.74, 6) is -0.225. The highest BCUT2D eigenvalue weighted by molar-refractivity contribution is 9.10. The first-order valence-corrected chi connectivity index (χ1v) is 12.1. The Morgan fingerprint density at radius 1 is 1.09 bits per heavy atom. The summed E-state index contributed by atoms with van der Waals surface area (Å²) in [6.45, 7) is 4.70. The molecule has 0 saturated carbocycles. The van der Waals surface area contributed by atoms with Crippen molar-refractivity contribution < 1.29 is 9.59 Å². The van der Waals surface area contributed by atoms with E-state index >= 15 is 0 Å². The van der Waals surface area contributed by atoms with Crippen LogP contribution in [0.25, 0.3) is 0 Å². The zero-order chi connectivity index (χ0) is 23.3. The van der Waals surface area contributed by atoms with E-state index in [0.29, 0.717) is 53.9 Å². The molecule has 0 radical (unpaired) electrons. The molecule has 0 aromatic heterocycles. The van der Waals surface area contributed by atoms with E-state index in [4.69, 9.17) is 35.4 Å². The number of carbonyl (C=O) groups excluding carboxylic acids is 2. The summed E-state index contributed by atoms with van der Waals surface area (Å²) in [6.07, 6.45) is 1.42. The zero-order valence-electron chi connectivity index (χ0n) is 17.5. The van der Waals surface area contributed by atoms with Gasteiger partial charge < -0.3 is 15.1 Å². The molecule has 1 aliphatic rings. The van der Waals surface area contributed by atoms with Crippen molar-refractivity contribution in [1.82, 2.24) is 10.2 Å². The third-order valence-corrected chi connectivity index (χ3v) is 6.31. The summed E-state index contributed by atoms with van der Waals surface area (Å²) >= 11 is 21.1. The van der Waals surface area contributed by atoms with Crippen molar-refractivity contribution in [3.8, 4) is 0 Å². The lowest BCUT2D eigenvalue weighted by atomic mass is 10.2. The van der Waals surface area contributed by atoms with Gasteiger partial charge in [0.25, 0.3) is 5.91 Å². The first-order valence-electron chi connectivity index (χ1n) is 10.2. The van der Waals surface area contributed by atoms with Crippen molar-refractivity contribution in [1.29, 1.82) is 0 Å². The average Bonchev–Trinajstić information content (AvgIpc) is 2.75. The number of anilines is 2. The molecule has 1 heterocycles. The molecule has 0 bridgehead atoms. The van der Waals surface area contributed by atoms with Crippen molar-refractivity contribution in [2.45, 2.75) is 19.8 Å². The number of benzene rings is 2. The van der Waals surface area contributed by atoms with Gasteiger partial charge in [0, 0.05) is 42.1 Å². The minimum atomic E-state index is -0.416. The van der Waals surface area contributed by atoms with E-state index in [0.717, 1.165) is 16.6 Å². The number of rotatable bonds is 5. The lowest BCUT2D eigenvalue weighted by molar-refractivity contribution is -0.131. The fourth-order valence-corrected chi connectivity index (χ4v) is 4.39. The van der Waals surface area contributed by atoms with Crippen molar-refractivity contribution in [2.75, 3.05) is 36.4 Å². The Morgan fingerprint density at radius 3 is 2.50 bits per heavy atom. The van der Waals surface area contributed by atoms with Crippen LogP contribution in [0.5, 0.6) is 0 Å². The number of hydrogen-bond donors (Lipinski definition) is 2. The standard InChI is InChI=1S/C22H23BrCl2N4O2S/c1-2-3-20(30)29-10-8-28(9-11-29)19-7-5-15(24)13-18(19)26-22(32)27-21(31)16-12-14(23)4-6-17(16)25/h4-7,12-13H,2-3,8-11H2,1H3,(H2,26,27,31,32). The van der Waals surface area contributed by atoms with Crippen LogP contribution < -0.4 is 15.5 Å². The zero-order valence-corrected chi connectivity index (χ0v) is 21.4. The van der Waals surface area contributed by atoms with Crippen LogP contribution in [0.1, 0.15) is 30.1 Å². The molecule has 2 N–H and O–H groups in total. The van der Waals surface area contributed by atoms with E-state index in [-0.39, 0.29) is 11.0 Å². The van der Waals surface area contributed by atoms with Crippen LogP contribution in [0.3, 0.4) is 0 Å². The molecule has 10 heteroatoms. The van der Waals surface area contributed by atoms with Gasteiger partial charge in [0.1, 0.15) is 0 Å². The molecule has 170 valence electrons. The van der Waals surface area contributed by atoms with Crippen LogP contribution >= 0.6 is 51.3 Å². The topological polar surface area (TPSA) is 64.7 Å². The molecular formula is C22H23BrCl2N4O2S. The number of piperazine rings is 1. The molecule has 0 spiro atoms. The number of thiocarbonyl (C=S) groups is 1. The predicted octanol–water partition coefficient (Wildman–Crippen LogP) is 5.33. The second-order valence-corrected chi connectivity index (χ2v) is 9.48. The Balaban J connectivity index is 1.69. The molecule has 0 atom stereocenters. The molecule has 2 aromatic rings. The molecule has 32 heavy (non-hydrogen) atoms. The first-order chi connectivity index (χ1) is 15.3. The Hall–Kier alpha value is -1.87. The van der Waals surface area contributed by atoms with Crippen LogP contribution in [0.2, 0.25) is 10.0 Å². The largest absolute Gasteiger partial charge is 0.366 e. The van der Waals surface area contributed by atoms with Gasteiger partial charge in [-0.1, -0.05) is 46.1 Å². The molecule has 0 aliphatic carbocycles. The molecule has 1 saturated heterocycles. The number of amides is 2. The fourth-order valence-electron chi connectivity index (χ4n) is 3.45. The highest BCUT2D eigenvalue weighted by atomic mass is 79.9. The lowest BCUT2D eigenvalue weighted by Gasteiger charge is -2.37. The summed E-state index contributed by atoms with van der Waals surface area (Å²) in [6, 6.07) is 10.5. The second kappa shape index (κ2) is 11.3. The molecule has 6 nitrogen and oxygen atoms in total. The molecule has 2 aromatic carbocycles. The second-order valence-electron chi connectivity index (χ2n) is 7.31. The quantitative estimate of drug-likeness (QED) is 0.486. The molecule has 0 unspecified atom stereocenters. The van der Waals surface area contributed by atoms with Gasteiger partial charge in [-0.05, 0) is 55.0 Å². The Labute approximate surface area is 211 Å². The SMILES string of the molecule is CCCC(=O)N1CCN(c2ccc(Cl)cc2NC(=S)NC(=O)c2cc(Br)ccc2Cl)CC1. The summed E-state index contributed by atoms with van der Waals surface area (Å²) in [4.78, 5) is 28.8. The number of carbonyl (C=O) groups is 2. The highest BCUT2D eigenvalue weighted by Gasteiger charge is 2.23. The van der Waals surface area contributed by atoms with E-state index in [1.165, 1.54) is 0 Å². The van der Waals surface area contributed by atoms with Gasteiger partial charge in [0.15, 0.2) is 5.11 Å². The monoisotopic (exact) mass is 556 g/mol. The third kappa shape index (κ3) is 6.34. The van der Waals surface area contributed by atoms with E-state index in [2.05, 4.69) is 31.5 Å². The normalized spacial score (nSPS) is 13.6. The summed E-state index contributed by atoms with van der Waals surface area (Å²) in [5, 5.41) is 6.73. The Bertz CT molecular complexity index is 1030. The number of halogens is 3. The fraction of sp³-hybridized carbons (Fsp3) is 0.318. The predicted molar refractivity (Wildman–Crippen MR) is 138 cm³/mol. The van der Waals surface area contributed by atoms with Crippen LogP contribution in [0.15, 0.2) is 40.9 Å². The van der Waals surface area contributed by atoms with E-state index in [1.807, 2.05) is 17.9 Å². The van der Waals surface area contributed by atoms with E-state index in [9.17, 15) is 9.59 Å². The van der Waals surface area contributed by atoms with Gasteiger partial charge >= 0.3 is 0 Å². The minimum absolute atomic E-state index is 0.131. The van der Waals surface area contributed by atoms with Gasteiger partial charge in [0.05, 0.1) is 22.0 Å². The molecule has 2 amide bonds. The molecule has 3 rings (SSSR count). The van der Waals surface area contributed by atoms with E-state index in [1.54, 1.807) is 30.3 Å². The number of hydrogen-bond acceptors (Lipinski definition) is 4. The minimum Gasteiger partial charge on any atom is -0.366 e. The van der Waals surface area contributed by atoms with Crippen LogP contribution in [0, 0.1) is 0 Å². The lowest BCUT2D eigenvalue weighted by Crippen LogP contribution is -2.49. The highest BCUT2D eigenvalue weighted by Crippen LogP contribution is 2.30. The van der Waals surface area contributed by atoms with Crippen molar-refractivity contribution in [3.05, 3.63) is 56.5 Å². The summed E-state index contributed by atoms with van der Waals surface area (Å²) in [7, 11) is 0. The average molecular weight is 558 g/mol. The molecular weight excluding hydrogens is 535 g/mol. The van der Waals surface area contributed by atoms with Crippen LogP contribution in [-0.4, -0.2) is 48.0 Å². The number of nitrogens with one attached hydrogen (secondary N) is 2. The smallest absolute Gasteiger partial charge is 0.258 e. The summed E-state index contributed by atoms with van der Waals surface area (Å²) < 4.78 is 0.736. The van der Waals surface area contributed by atoms with Crippen molar-refractivity contribution >= 4 is 79.7 Å².